The van der Waals surface area contributed by atoms with Gasteiger partial charge in [-0.3, -0.25) is 33.6 Å². The molecule has 15 nitrogen and oxygen atoms in total. The average Bonchev–Trinajstić information content (AvgIpc) is 1.57. The molecule has 4 aliphatic heterocycles. The van der Waals surface area contributed by atoms with Crippen LogP contribution >= 0.6 is 0 Å². The molecule has 2 N–H and O–H groups in total. The third-order valence-corrected chi connectivity index (χ3v) is 18.9. The molecule has 0 radical (unpaired) electrons. The fourth-order valence-electron chi connectivity index (χ4n) is 13.6. The van der Waals surface area contributed by atoms with Gasteiger partial charge in [0.15, 0.2) is 34.6 Å². The molecule has 0 aromatic heterocycles. The Morgan fingerprint density at radius 1 is 0.638 bits per heavy atom. The molecule has 0 bridgehead atoms. The standard InChI is InChI=1S/C79H86N4O11/c1-50(2)77(68(81)44-63(84)25-11-6-7-12-26-64-69(85)36-37-70(64)86)71(87)27-15-18-51(3)72(88)47-67(80)56-34-32-55(33-35-56)59-40-61-23-14-13-21-57-42-75(73(91-4)45-65(57)78(89)82(61)48-59)93-38-17-39-94-76-43-58-22-16-24-62-41-60(49-83(62)79(90)66(58)46-74(76)92-5)54-30-28-53(29-31-54)52-19-9-8-10-20-52/h13-14,21-24,26,28-37,42-43,45-46,48-52,61-62,77,80-81H,6-12,15,17-20,25,27,38-41,44,47H2,1-5H3. The maximum atomic E-state index is 14.5. The van der Waals surface area contributed by atoms with Crippen LogP contribution in [0.2, 0.25) is 0 Å². The van der Waals surface area contributed by atoms with Gasteiger partial charge in [0.05, 0.1) is 62.1 Å². The van der Waals surface area contributed by atoms with Crippen molar-refractivity contribution in [3.63, 3.8) is 0 Å². The van der Waals surface area contributed by atoms with E-state index in [1.54, 1.807) is 42.2 Å². The fraction of sp³-hybridized carbons (Fsp3) is 0.392. The highest BCUT2D eigenvalue weighted by Crippen LogP contribution is 2.41. The number of amides is 2. The van der Waals surface area contributed by atoms with Crippen molar-refractivity contribution < 1.29 is 52.5 Å². The highest BCUT2D eigenvalue weighted by molar-refractivity contribution is 6.33. The molecule has 0 saturated heterocycles. The summed E-state index contributed by atoms with van der Waals surface area (Å²) < 4.78 is 24.2. The van der Waals surface area contributed by atoms with E-state index < -0.39 is 11.8 Å². The molecule has 2 aliphatic carbocycles. The van der Waals surface area contributed by atoms with Crippen LogP contribution in [-0.2, 0) is 24.0 Å². The Kier molecular flexibility index (Phi) is 22.7. The summed E-state index contributed by atoms with van der Waals surface area (Å²) in [6.07, 6.45) is 31.6. The second kappa shape index (κ2) is 31.5. The number of ketones is 5. The summed E-state index contributed by atoms with van der Waals surface area (Å²) in [6, 6.07) is 23.1. The van der Waals surface area contributed by atoms with Crippen molar-refractivity contribution in [2.75, 3.05) is 27.4 Å². The molecule has 488 valence electrons. The molecular weight excluding hydrogens is 1180 g/mol. The Morgan fingerprint density at radius 3 is 1.88 bits per heavy atom. The maximum Gasteiger partial charge on any atom is 0.259 e. The quantitative estimate of drug-likeness (QED) is 0.0165. The maximum absolute atomic E-state index is 14.5. The molecule has 2 amide bonds. The average molecular weight is 1270 g/mol. The number of carbonyl (C=O) groups is 7. The Labute approximate surface area is 552 Å². The third-order valence-electron chi connectivity index (χ3n) is 18.9. The molecule has 0 spiro atoms. The van der Waals surface area contributed by atoms with E-state index in [1.165, 1.54) is 49.8 Å². The van der Waals surface area contributed by atoms with E-state index >= 15 is 0 Å². The van der Waals surface area contributed by atoms with E-state index in [0.717, 1.165) is 35.1 Å². The first-order valence-electron chi connectivity index (χ1n) is 33.4. The SMILES string of the molecule is COc1cc2c(cc1OCCCOc1cc3c(cc1OC)C(=O)N1C=C(c4ccc(C5CCCCC5)cc4)CC1C=C=C3)C=CC=CC1CC(c3ccc(C(=N)CC(=O)C(C)CCCC(=O)C(C(=N)CC(=O)CCCCCC=C4C(=O)C=CC4=O)C(C)C)cc3)=CN1C2=O. The van der Waals surface area contributed by atoms with Gasteiger partial charge in [0.25, 0.3) is 11.8 Å². The lowest BCUT2D eigenvalue weighted by molar-refractivity contribution is -0.124. The van der Waals surface area contributed by atoms with Gasteiger partial charge in [0, 0.05) is 61.8 Å². The number of nitrogens with zero attached hydrogens (tertiary/aromatic N) is 2. The molecule has 4 unspecified atom stereocenters. The van der Waals surface area contributed by atoms with Gasteiger partial charge in [-0.2, -0.15) is 0 Å². The zero-order valence-corrected chi connectivity index (χ0v) is 54.8. The Balaban J connectivity index is 0.679. The van der Waals surface area contributed by atoms with E-state index in [2.05, 4.69) is 30.0 Å². The van der Waals surface area contributed by atoms with Gasteiger partial charge < -0.3 is 39.6 Å². The Hall–Kier alpha value is -9.33. The molecule has 1 saturated carbocycles. The lowest BCUT2D eigenvalue weighted by atomic mass is 9.82. The van der Waals surface area contributed by atoms with Gasteiger partial charge >= 0.3 is 0 Å². The van der Waals surface area contributed by atoms with Crippen LogP contribution in [0.25, 0.3) is 23.3 Å². The van der Waals surface area contributed by atoms with E-state index in [-0.39, 0.29) is 115 Å². The van der Waals surface area contributed by atoms with Gasteiger partial charge in [0.2, 0.25) is 0 Å². The number of methoxy groups -OCH3 is 2. The zero-order valence-electron chi connectivity index (χ0n) is 54.8. The van der Waals surface area contributed by atoms with Crippen LogP contribution in [0.3, 0.4) is 0 Å². The molecule has 4 heterocycles. The van der Waals surface area contributed by atoms with Crippen molar-refractivity contribution in [1.82, 2.24) is 9.80 Å². The highest BCUT2D eigenvalue weighted by Gasteiger charge is 2.34. The predicted molar refractivity (Wildman–Crippen MR) is 367 cm³/mol. The fourth-order valence-corrected chi connectivity index (χ4v) is 13.6. The van der Waals surface area contributed by atoms with Gasteiger partial charge in [-0.05, 0) is 163 Å². The second-order valence-corrected chi connectivity index (χ2v) is 25.9. The van der Waals surface area contributed by atoms with Crippen LogP contribution in [0, 0.1) is 28.6 Å². The first-order valence-corrected chi connectivity index (χ1v) is 33.4. The first kappa shape index (κ1) is 67.6. The molecule has 10 rings (SSSR count). The van der Waals surface area contributed by atoms with E-state index in [1.807, 2.05) is 106 Å². The van der Waals surface area contributed by atoms with Crippen LogP contribution in [-0.4, -0.2) is 101 Å². The van der Waals surface area contributed by atoms with E-state index in [0.29, 0.717) is 102 Å². The number of fused-ring (bicyclic) bond motifs is 4. The van der Waals surface area contributed by atoms with Crippen molar-refractivity contribution in [2.45, 2.75) is 154 Å². The number of hydrogen-bond acceptors (Lipinski definition) is 13. The number of ether oxygens (including phenoxy) is 4. The minimum absolute atomic E-state index is 0.0672. The molecule has 94 heavy (non-hydrogen) atoms. The monoisotopic (exact) mass is 1270 g/mol. The summed E-state index contributed by atoms with van der Waals surface area (Å²) in [5.74, 6) is 0.0354. The van der Waals surface area contributed by atoms with Crippen molar-refractivity contribution in [1.29, 1.82) is 10.8 Å². The van der Waals surface area contributed by atoms with Crippen LogP contribution in [0.1, 0.15) is 196 Å². The van der Waals surface area contributed by atoms with Gasteiger partial charge in [0.1, 0.15) is 17.3 Å². The Bertz CT molecular complexity index is 3840. The summed E-state index contributed by atoms with van der Waals surface area (Å²) in [6.45, 7) is 6.12. The number of rotatable bonds is 30. The number of Topliss-reactive ketones (excluding diaryl/α,β-unsaturated/α-hetero) is 3. The summed E-state index contributed by atoms with van der Waals surface area (Å²) >= 11 is 0. The van der Waals surface area contributed by atoms with Gasteiger partial charge in [-0.1, -0.05) is 125 Å². The lowest BCUT2D eigenvalue weighted by Crippen LogP contribution is -2.32. The molecule has 4 atom stereocenters. The number of allylic oxidation sites excluding steroid dienone is 6. The molecular formula is C79H86N4O11. The van der Waals surface area contributed by atoms with Crippen molar-refractivity contribution in [3.8, 4) is 23.0 Å². The number of hydrogen-bond donors (Lipinski definition) is 2. The molecule has 15 heteroatoms. The minimum atomic E-state index is -0.683. The summed E-state index contributed by atoms with van der Waals surface area (Å²) in [7, 11) is 3.10. The lowest BCUT2D eigenvalue weighted by Gasteiger charge is -2.23. The number of unbranched alkanes of at least 4 members (excludes halogenated alkanes) is 3. The molecule has 4 aromatic rings. The van der Waals surface area contributed by atoms with Gasteiger partial charge in [-0.15, -0.1) is 5.73 Å². The van der Waals surface area contributed by atoms with E-state index in [9.17, 15) is 33.6 Å². The van der Waals surface area contributed by atoms with Crippen LogP contribution in [0.5, 0.6) is 23.0 Å². The largest absolute Gasteiger partial charge is 0.493 e. The zero-order chi connectivity index (χ0) is 66.4. The number of benzene rings is 4. The van der Waals surface area contributed by atoms with Crippen molar-refractivity contribution in [3.05, 3.63) is 184 Å². The smallest absolute Gasteiger partial charge is 0.259 e. The van der Waals surface area contributed by atoms with Crippen LogP contribution in [0.4, 0.5) is 0 Å². The topological polar surface area (TPSA) is 211 Å². The first-order chi connectivity index (χ1) is 45.5. The highest BCUT2D eigenvalue weighted by atomic mass is 16.5. The Morgan fingerprint density at radius 2 is 1.24 bits per heavy atom. The van der Waals surface area contributed by atoms with Crippen molar-refractivity contribution >= 4 is 75.5 Å². The minimum Gasteiger partial charge on any atom is -0.493 e. The molecule has 1 fully saturated rings. The summed E-state index contributed by atoms with van der Waals surface area (Å²) in [5, 5.41) is 17.6. The molecule has 6 aliphatic rings. The van der Waals surface area contributed by atoms with Crippen LogP contribution in [0.15, 0.2) is 139 Å². The molecule has 4 aromatic carbocycles. The summed E-state index contributed by atoms with van der Waals surface area (Å²) in [5.41, 5.74) is 12.2. The van der Waals surface area contributed by atoms with E-state index in [4.69, 9.17) is 29.8 Å². The number of carbonyl (C=O) groups excluding carboxylic acids is 7. The van der Waals surface area contributed by atoms with Crippen LogP contribution < -0.4 is 18.9 Å². The summed E-state index contributed by atoms with van der Waals surface area (Å²) in [4.78, 5) is 95.5. The predicted octanol–water partition coefficient (Wildman–Crippen LogP) is 15.4. The second-order valence-electron chi connectivity index (χ2n) is 25.9. The number of nitrogens with one attached hydrogen (secondary N) is 2. The normalized spacial score (nSPS) is 18.0. The third kappa shape index (κ3) is 16.3. The van der Waals surface area contributed by atoms with Gasteiger partial charge in [-0.25, -0.2) is 0 Å². The van der Waals surface area contributed by atoms with Crippen molar-refractivity contribution in [2.24, 2.45) is 17.8 Å².